The third-order valence-corrected chi connectivity index (χ3v) is 2.97. The molecular weight excluding hydrogens is 256 g/mol. The van der Waals surface area contributed by atoms with Crippen LogP contribution in [0, 0.1) is 20.8 Å². The molecule has 1 aromatic rings. The molecule has 0 N–H and O–H groups in total. The molecule has 0 fully saturated rings. The fourth-order valence-corrected chi connectivity index (χ4v) is 2.08. The lowest BCUT2D eigenvalue weighted by molar-refractivity contribution is -0.247. The predicted octanol–water partition coefficient (Wildman–Crippen LogP) is 3.52. The van der Waals surface area contributed by atoms with Crippen molar-refractivity contribution in [3.05, 3.63) is 34.4 Å². The number of ether oxygens (including phenoxy) is 1. The zero-order valence-electron chi connectivity index (χ0n) is 12.8. The van der Waals surface area contributed by atoms with Crippen LogP contribution in [0.15, 0.2) is 12.1 Å². The van der Waals surface area contributed by atoms with E-state index in [1.807, 2.05) is 32.9 Å². The first-order chi connectivity index (χ1) is 9.56. The summed E-state index contributed by atoms with van der Waals surface area (Å²) >= 11 is 0. The van der Waals surface area contributed by atoms with Crippen LogP contribution in [-0.2, 0) is 14.5 Å². The van der Waals surface area contributed by atoms with Crippen molar-refractivity contribution < 1.29 is 19.3 Å². The Morgan fingerprint density at radius 1 is 1.05 bits per heavy atom. The predicted molar refractivity (Wildman–Crippen MR) is 77.7 cm³/mol. The lowest BCUT2D eigenvalue weighted by atomic mass is 10.0. The fourth-order valence-electron chi connectivity index (χ4n) is 2.08. The molecule has 20 heavy (non-hydrogen) atoms. The first kappa shape index (κ1) is 16.7. The van der Waals surface area contributed by atoms with Crippen LogP contribution in [0.4, 0.5) is 0 Å². The number of carbonyl (C=O) groups excluding carboxylic acids is 1. The van der Waals surface area contributed by atoms with Crippen LogP contribution in [0.25, 0.3) is 0 Å². The summed E-state index contributed by atoms with van der Waals surface area (Å²) in [6, 6.07) is 3.91. The van der Waals surface area contributed by atoms with Gasteiger partial charge < -0.3 is 4.74 Å². The van der Waals surface area contributed by atoms with Gasteiger partial charge in [0.25, 0.3) is 0 Å². The SMILES string of the molecule is CCCCOCCOOC(=O)c1c(C)cc(C)cc1C. The molecule has 0 radical (unpaired) electrons. The summed E-state index contributed by atoms with van der Waals surface area (Å²) in [7, 11) is 0. The molecule has 0 aliphatic rings. The highest BCUT2D eigenvalue weighted by Crippen LogP contribution is 2.17. The smallest absolute Gasteiger partial charge is 0.373 e. The summed E-state index contributed by atoms with van der Waals surface area (Å²) in [6.07, 6.45) is 2.13. The van der Waals surface area contributed by atoms with Gasteiger partial charge in [-0.3, -0.25) is 4.89 Å². The van der Waals surface area contributed by atoms with Gasteiger partial charge in [-0.1, -0.05) is 31.0 Å². The van der Waals surface area contributed by atoms with Gasteiger partial charge in [0.15, 0.2) is 0 Å². The van der Waals surface area contributed by atoms with E-state index in [4.69, 9.17) is 14.5 Å². The molecule has 112 valence electrons. The van der Waals surface area contributed by atoms with Gasteiger partial charge in [0, 0.05) is 6.61 Å². The molecule has 0 amide bonds. The van der Waals surface area contributed by atoms with E-state index in [1.54, 1.807) is 0 Å². The number of benzene rings is 1. The number of unbranched alkanes of at least 4 members (excludes halogenated alkanes) is 1. The molecule has 0 atom stereocenters. The normalized spacial score (nSPS) is 10.6. The average Bonchev–Trinajstić information content (AvgIpc) is 2.36. The summed E-state index contributed by atoms with van der Waals surface area (Å²) in [4.78, 5) is 21.7. The molecule has 0 bridgehead atoms. The molecule has 0 aromatic heterocycles. The van der Waals surface area contributed by atoms with Crippen LogP contribution in [0.2, 0.25) is 0 Å². The Morgan fingerprint density at radius 2 is 1.70 bits per heavy atom. The van der Waals surface area contributed by atoms with Crippen LogP contribution in [0.3, 0.4) is 0 Å². The van der Waals surface area contributed by atoms with Gasteiger partial charge in [0.1, 0.15) is 6.61 Å². The molecular formula is C16H24O4. The summed E-state index contributed by atoms with van der Waals surface area (Å²) in [5.74, 6) is -0.450. The molecule has 4 nitrogen and oxygen atoms in total. The Bertz CT molecular complexity index is 417. The van der Waals surface area contributed by atoms with Gasteiger partial charge in [-0.05, 0) is 38.3 Å². The maximum atomic E-state index is 11.9. The second kappa shape index (κ2) is 8.72. The average molecular weight is 280 g/mol. The highest BCUT2D eigenvalue weighted by molar-refractivity contribution is 5.92. The quantitative estimate of drug-likeness (QED) is 0.415. The van der Waals surface area contributed by atoms with E-state index in [2.05, 4.69) is 6.92 Å². The molecule has 1 aromatic carbocycles. The van der Waals surface area contributed by atoms with E-state index in [0.29, 0.717) is 18.8 Å². The Morgan fingerprint density at radius 3 is 2.30 bits per heavy atom. The number of aryl methyl sites for hydroxylation is 3. The second-order valence-electron chi connectivity index (χ2n) is 4.93. The van der Waals surface area contributed by atoms with Gasteiger partial charge in [0.05, 0.1) is 12.2 Å². The van der Waals surface area contributed by atoms with Crippen molar-refractivity contribution in [2.45, 2.75) is 40.5 Å². The molecule has 4 heteroatoms. The monoisotopic (exact) mass is 280 g/mol. The van der Waals surface area contributed by atoms with Gasteiger partial charge in [-0.15, -0.1) is 0 Å². The standard InChI is InChI=1S/C16H24O4/c1-5-6-7-18-8-9-19-20-16(17)15-13(3)10-12(2)11-14(15)4/h10-11H,5-9H2,1-4H3. The first-order valence-electron chi connectivity index (χ1n) is 7.05. The lowest BCUT2D eigenvalue weighted by Crippen LogP contribution is -2.13. The number of carbonyl (C=O) groups is 1. The van der Waals surface area contributed by atoms with Crippen molar-refractivity contribution in [1.29, 1.82) is 0 Å². The molecule has 1 rings (SSSR count). The second-order valence-corrected chi connectivity index (χ2v) is 4.93. The third-order valence-electron chi connectivity index (χ3n) is 2.97. The highest BCUT2D eigenvalue weighted by atomic mass is 17.2. The Hall–Kier alpha value is -1.39. The van der Waals surface area contributed by atoms with Crippen LogP contribution in [-0.4, -0.2) is 25.8 Å². The van der Waals surface area contributed by atoms with E-state index in [1.165, 1.54) is 0 Å². The fraction of sp³-hybridized carbons (Fsp3) is 0.562. The molecule has 0 spiro atoms. The Balaban J connectivity index is 2.37. The van der Waals surface area contributed by atoms with Crippen LogP contribution >= 0.6 is 0 Å². The van der Waals surface area contributed by atoms with E-state index in [9.17, 15) is 4.79 Å². The van der Waals surface area contributed by atoms with Crippen LogP contribution in [0.5, 0.6) is 0 Å². The van der Waals surface area contributed by atoms with Gasteiger partial charge in [-0.25, -0.2) is 4.79 Å². The topological polar surface area (TPSA) is 44.8 Å². The van der Waals surface area contributed by atoms with Crippen molar-refractivity contribution in [3.8, 4) is 0 Å². The van der Waals surface area contributed by atoms with E-state index in [-0.39, 0.29) is 6.61 Å². The Kier molecular flexibility index (Phi) is 7.26. The third kappa shape index (κ3) is 5.31. The summed E-state index contributed by atoms with van der Waals surface area (Å²) < 4.78 is 5.31. The zero-order chi connectivity index (χ0) is 15.0. The molecule has 0 aliphatic carbocycles. The zero-order valence-corrected chi connectivity index (χ0v) is 12.8. The van der Waals surface area contributed by atoms with Gasteiger partial charge in [0.2, 0.25) is 0 Å². The lowest BCUT2D eigenvalue weighted by Gasteiger charge is -2.10. The van der Waals surface area contributed by atoms with Gasteiger partial charge in [-0.2, -0.15) is 4.89 Å². The number of rotatable bonds is 8. The maximum Gasteiger partial charge on any atom is 0.373 e. The molecule has 0 aliphatic heterocycles. The summed E-state index contributed by atoms with van der Waals surface area (Å²) in [6.45, 7) is 9.28. The minimum Gasteiger partial charge on any atom is -0.379 e. The molecule has 0 saturated carbocycles. The van der Waals surface area contributed by atoms with Crippen molar-refractivity contribution in [1.82, 2.24) is 0 Å². The minimum absolute atomic E-state index is 0.249. The van der Waals surface area contributed by atoms with Crippen molar-refractivity contribution >= 4 is 5.97 Å². The van der Waals surface area contributed by atoms with Crippen LogP contribution < -0.4 is 0 Å². The Labute approximate surface area is 121 Å². The molecule has 0 unspecified atom stereocenters. The molecule has 0 heterocycles. The molecule has 0 saturated heterocycles. The van der Waals surface area contributed by atoms with Crippen molar-refractivity contribution in [2.75, 3.05) is 19.8 Å². The van der Waals surface area contributed by atoms with E-state index >= 15 is 0 Å². The number of hydrogen-bond donors (Lipinski definition) is 0. The maximum absolute atomic E-state index is 11.9. The highest BCUT2D eigenvalue weighted by Gasteiger charge is 2.15. The van der Waals surface area contributed by atoms with E-state index < -0.39 is 5.97 Å². The van der Waals surface area contributed by atoms with Crippen molar-refractivity contribution in [3.63, 3.8) is 0 Å². The summed E-state index contributed by atoms with van der Waals surface area (Å²) in [5.41, 5.74) is 3.50. The van der Waals surface area contributed by atoms with Crippen LogP contribution in [0.1, 0.15) is 46.8 Å². The van der Waals surface area contributed by atoms with Crippen molar-refractivity contribution in [2.24, 2.45) is 0 Å². The minimum atomic E-state index is -0.450. The largest absolute Gasteiger partial charge is 0.379 e. The first-order valence-corrected chi connectivity index (χ1v) is 7.05. The van der Waals surface area contributed by atoms with Gasteiger partial charge >= 0.3 is 5.97 Å². The van der Waals surface area contributed by atoms with E-state index in [0.717, 1.165) is 29.5 Å². The summed E-state index contributed by atoms with van der Waals surface area (Å²) in [5, 5.41) is 0. The number of hydrogen-bond acceptors (Lipinski definition) is 4.